The van der Waals surface area contributed by atoms with Crippen LogP contribution in [0.5, 0.6) is 0 Å². The first-order chi connectivity index (χ1) is 13.8. The van der Waals surface area contributed by atoms with Gasteiger partial charge in [-0.15, -0.1) is 6.58 Å². The molecule has 0 spiro atoms. The first-order valence-electron chi connectivity index (χ1n) is 9.69. The van der Waals surface area contributed by atoms with Gasteiger partial charge in [0.25, 0.3) is 0 Å². The van der Waals surface area contributed by atoms with Crippen molar-refractivity contribution in [3.63, 3.8) is 0 Å². The molecule has 0 aliphatic heterocycles. The molecule has 0 fully saturated rings. The summed E-state index contributed by atoms with van der Waals surface area (Å²) in [4.78, 5) is 37.7. The molecule has 1 aromatic heterocycles. The molecule has 0 aliphatic rings. The van der Waals surface area contributed by atoms with Crippen LogP contribution < -0.4 is 10.8 Å². The van der Waals surface area contributed by atoms with E-state index in [0.29, 0.717) is 12.0 Å². The monoisotopic (exact) mass is 399 g/mol. The minimum atomic E-state index is -0.757. The Hall–Kier alpha value is -2.93. The topological polar surface area (TPSA) is 100 Å². The van der Waals surface area contributed by atoms with Gasteiger partial charge < -0.3 is 9.88 Å². The Labute approximate surface area is 170 Å². The van der Waals surface area contributed by atoms with Crippen LogP contribution in [0.3, 0.4) is 0 Å². The molecule has 2 rings (SSSR count). The summed E-state index contributed by atoms with van der Waals surface area (Å²) in [5, 5.41) is 12.6. The van der Waals surface area contributed by atoms with Crippen LogP contribution in [0.2, 0.25) is 0 Å². The van der Waals surface area contributed by atoms with Crippen LogP contribution in [-0.2, 0) is 16.6 Å². The lowest BCUT2D eigenvalue weighted by Gasteiger charge is -2.25. The Morgan fingerprint density at radius 2 is 1.86 bits per heavy atom. The SMILES string of the molecule is C=CC[C@H](C(=O)NO)[C@@H](CC(C)C)C(=O)NCC(=O)c1cn(C)c2ccccc12. The third-order valence-corrected chi connectivity index (χ3v) is 5.04. The van der Waals surface area contributed by atoms with Crippen molar-refractivity contribution < 1.29 is 19.6 Å². The molecular formula is C22H29N3O4. The van der Waals surface area contributed by atoms with Gasteiger partial charge >= 0.3 is 0 Å². The Morgan fingerprint density at radius 1 is 1.17 bits per heavy atom. The minimum Gasteiger partial charge on any atom is -0.350 e. The lowest BCUT2D eigenvalue weighted by molar-refractivity contribution is -0.140. The predicted octanol–water partition coefficient (Wildman–Crippen LogP) is 2.84. The maximum Gasteiger partial charge on any atom is 0.247 e. The molecule has 2 atom stereocenters. The van der Waals surface area contributed by atoms with E-state index in [1.165, 1.54) is 0 Å². The highest BCUT2D eigenvalue weighted by Crippen LogP contribution is 2.25. The van der Waals surface area contributed by atoms with Gasteiger partial charge in [0.15, 0.2) is 5.78 Å². The van der Waals surface area contributed by atoms with Gasteiger partial charge in [-0.25, -0.2) is 5.48 Å². The first-order valence-corrected chi connectivity index (χ1v) is 9.69. The molecule has 1 aromatic carbocycles. The number of carbonyl (C=O) groups is 3. The van der Waals surface area contributed by atoms with Gasteiger partial charge in [-0.3, -0.25) is 19.6 Å². The number of hydrogen-bond donors (Lipinski definition) is 3. The zero-order valence-corrected chi connectivity index (χ0v) is 17.1. The predicted molar refractivity (Wildman–Crippen MR) is 111 cm³/mol. The van der Waals surface area contributed by atoms with E-state index in [4.69, 9.17) is 5.21 Å². The second-order valence-electron chi connectivity index (χ2n) is 7.65. The fourth-order valence-electron chi connectivity index (χ4n) is 3.64. The maximum absolute atomic E-state index is 12.9. The van der Waals surface area contributed by atoms with Crippen LogP contribution in [0, 0.1) is 17.8 Å². The summed E-state index contributed by atoms with van der Waals surface area (Å²) < 4.78 is 1.87. The molecule has 1 heterocycles. The van der Waals surface area contributed by atoms with Crippen molar-refractivity contribution in [2.45, 2.75) is 26.7 Å². The number of allylic oxidation sites excluding steroid dienone is 1. The molecular weight excluding hydrogens is 370 g/mol. The Kier molecular flexibility index (Phi) is 7.73. The second-order valence-corrected chi connectivity index (χ2v) is 7.65. The van der Waals surface area contributed by atoms with Crippen LogP contribution in [0.1, 0.15) is 37.0 Å². The lowest BCUT2D eigenvalue weighted by Crippen LogP contribution is -2.43. The highest BCUT2D eigenvalue weighted by Gasteiger charge is 2.33. The highest BCUT2D eigenvalue weighted by molar-refractivity contribution is 6.09. The maximum atomic E-state index is 12.9. The summed E-state index contributed by atoms with van der Waals surface area (Å²) in [7, 11) is 1.86. The molecule has 2 aromatic rings. The van der Waals surface area contributed by atoms with E-state index in [1.54, 1.807) is 17.8 Å². The summed E-state index contributed by atoms with van der Waals surface area (Å²) in [6.45, 7) is 7.37. The number of ketones is 1. The smallest absolute Gasteiger partial charge is 0.247 e. The van der Waals surface area contributed by atoms with Gasteiger partial charge in [0.2, 0.25) is 11.8 Å². The van der Waals surface area contributed by atoms with Crippen molar-refractivity contribution in [1.29, 1.82) is 0 Å². The zero-order chi connectivity index (χ0) is 21.6. The molecule has 0 saturated heterocycles. The number of amides is 2. The summed E-state index contributed by atoms with van der Waals surface area (Å²) >= 11 is 0. The van der Waals surface area contributed by atoms with Gasteiger partial charge in [0, 0.05) is 29.7 Å². The fraction of sp³-hybridized carbons (Fsp3) is 0.409. The Morgan fingerprint density at radius 3 is 2.48 bits per heavy atom. The largest absolute Gasteiger partial charge is 0.350 e. The van der Waals surface area contributed by atoms with Crippen molar-refractivity contribution in [3.8, 4) is 0 Å². The van der Waals surface area contributed by atoms with Gasteiger partial charge in [0.1, 0.15) is 0 Å². The highest BCUT2D eigenvalue weighted by atomic mass is 16.5. The van der Waals surface area contributed by atoms with Crippen molar-refractivity contribution in [3.05, 3.63) is 48.7 Å². The normalized spacial score (nSPS) is 13.1. The number of Topliss-reactive ketones (excluding diaryl/α,β-unsaturated/α-hetero) is 1. The average Bonchev–Trinajstić information content (AvgIpc) is 3.04. The number of aryl methyl sites for hydroxylation is 1. The number of carbonyl (C=O) groups excluding carboxylic acids is 3. The zero-order valence-electron chi connectivity index (χ0n) is 17.1. The van der Waals surface area contributed by atoms with Gasteiger partial charge in [-0.1, -0.05) is 38.1 Å². The van der Waals surface area contributed by atoms with Crippen molar-refractivity contribution in [1.82, 2.24) is 15.4 Å². The van der Waals surface area contributed by atoms with Crippen molar-refractivity contribution in [2.75, 3.05) is 6.54 Å². The molecule has 0 bridgehead atoms. The van der Waals surface area contributed by atoms with E-state index in [1.807, 2.05) is 49.7 Å². The van der Waals surface area contributed by atoms with Crippen LogP contribution in [-0.4, -0.2) is 33.9 Å². The Balaban J connectivity index is 2.16. The Bertz CT molecular complexity index is 901. The molecule has 156 valence electrons. The lowest BCUT2D eigenvalue weighted by atomic mass is 9.82. The quantitative estimate of drug-likeness (QED) is 0.247. The third-order valence-electron chi connectivity index (χ3n) is 5.04. The van der Waals surface area contributed by atoms with Crippen LogP contribution >= 0.6 is 0 Å². The molecule has 0 saturated carbocycles. The van der Waals surface area contributed by atoms with Gasteiger partial charge in [-0.05, 0) is 24.8 Å². The number of benzene rings is 1. The summed E-state index contributed by atoms with van der Waals surface area (Å²) in [6.07, 6.45) is 3.99. The van der Waals surface area contributed by atoms with E-state index >= 15 is 0 Å². The van der Waals surface area contributed by atoms with E-state index in [9.17, 15) is 14.4 Å². The molecule has 29 heavy (non-hydrogen) atoms. The van der Waals surface area contributed by atoms with Crippen LogP contribution in [0.4, 0.5) is 0 Å². The average molecular weight is 399 g/mol. The van der Waals surface area contributed by atoms with E-state index in [-0.39, 0.29) is 30.6 Å². The van der Waals surface area contributed by atoms with Gasteiger partial charge in [0.05, 0.1) is 18.4 Å². The molecule has 0 unspecified atom stereocenters. The number of hydroxylamine groups is 1. The molecule has 7 heteroatoms. The van der Waals surface area contributed by atoms with Crippen molar-refractivity contribution >= 4 is 28.5 Å². The minimum absolute atomic E-state index is 0.151. The number of para-hydroxylation sites is 1. The number of nitrogens with one attached hydrogen (secondary N) is 2. The van der Waals surface area contributed by atoms with E-state index < -0.39 is 17.7 Å². The number of fused-ring (bicyclic) bond motifs is 1. The summed E-state index contributed by atoms with van der Waals surface area (Å²) in [5.41, 5.74) is 3.11. The molecule has 3 N–H and O–H groups in total. The number of nitrogens with zero attached hydrogens (tertiary/aromatic N) is 1. The van der Waals surface area contributed by atoms with Crippen LogP contribution in [0.15, 0.2) is 43.1 Å². The van der Waals surface area contributed by atoms with E-state index in [2.05, 4.69) is 11.9 Å². The molecule has 0 radical (unpaired) electrons. The number of rotatable bonds is 10. The molecule has 2 amide bonds. The first kappa shape index (κ1) is 22.4. The number of hydrogen-bond acceptors (Lipinski definition) is 4. The van der Waals surface area contributed by atoms with Gasteiger partial charge in [-0.2, -0.15) is 0 Å². The third kappa shape index (κ3) is 5.32. The van der Waals surface area contributed by atoms with Crippen LogP contribution in [0.25, 0.3) is 10.9 Å². The fourth-order valence-corrected chi connectivity index (χ4v) is 3.64. The summed E-state index contributed by atoms with van der Waals surface area (Å²) in [5.74, 6) is -2.51. The summed E-state index contributed by atoms with van der Waals surface area (Å²) in [6, 6.07) is 7.57. The molecule has 0 aliphatic carbocycles. The standard InChI is InChI=1S/C22H29N3O4/c1-5-8-16(22(28)24-29)17(11-14(2)3)21(27)23-12-20(26)18-13-25(4)19-10-7-6-9-15(18)19/h5-7,9-10,13-14,16-17,29H,1,8,11-12H2,2-4H3,(H,23,27)(H,24,28)/t16-,17+/m0/s1. The molecule has 7 nitrogen and oxygen atoms in total. The van der Waals surface area contributed by atoms with Crippen molar-refractivity contribution in [2.24, 2.45) is 24.8 Å². The number of aromatic nitrogens is 1. The van der Waals surface area contributed by atoms with E-state index in [0.717, 1.165) is 10.9 Å². The second kappa shape index (κ2) is 10.0.